The third-order valence-corrected chi connectivity index (χ3v) is 3.44. The minimum Gasteiger partial charge on any atom is -0.378 e. The van der Waals surface area contributed by atoms with Crippen molar-refractivity contribution in [3.63, 3.8) is 0 Å². The fourth-order valence-corrected chi connectivity index (χ4v) is 2.13. The summed E-state index contributed by atoms with van der Waals surface area (Å²) in [6, 6.07) is 8.73. The first kappa shape index (κ1) is 13.9. The van der Waals surface area contributed by atoms with Crippen molar-refractivity contribution in [2.45, 2.75) is 19.8 Å². The summed E-state index contributed by atoms with van der Waals surface area (Å²) in [5.74, 6) is 0.647. The lowest BCUT2D eigenvalue weighted by molar-refractivity contribution is 0.0674. The number of aryl methyl sites for hydroxylation is 1. The third kappa shape index (κ3) is 4.24. The molecule has 0 spiro atoms. The Labute approximate surface area is 115 Å². The Balaban J connectivity index is 1.80. The standard InChI is InChI=1S/C15H23N3O/c1-2-13-3-5-14(6-4-13)7-8-17-15(16)18-9-11-19-12-10-18/h3-6H,2,7-12H2,1H3,(H2,16,17). The monoisotopic (exact) mass is 261 g/mol. The van der Waals surface area contributed by atoms with Gasteiger partial charge < -0.3 is 15.4 Å². The highest BCUT2D eigenvalue weighted by atomic mass is 16.5. The van der Waals surface area contributed by atoms with Crippen LogP contribution in [0.4, 0.5) is 0 Å². The molecule has 2 rings (SSSR count). The van der Waals surface area contributed by atoms with Gasteiger partial charge in [-0.3, -0.25) is 4.99 Å². The Morgan fingerprint density at radius 1 is 1.21 bits per heavy atom. The fraction of sp³-hybridized carbons (Fsp3) is 0.533. The van der Waals surface area contributed by atoms with Crippen LogP contribution in [0.15, 0.2) is 29.3 Å². The van der Waals surface area contributed by atoms with E-state index >= 15 is 0 Å². The van der Waals surface area contributed by atoms with Crippen molar-refractivity contribution in [1.82, 2.24) is 4.90 Å². The molecule has 4 nitrogen and oxygen atoms in total. The summed E-state index contributed by atoms with van der Waals surface area (Å²) < 4.78 is 5.29. The Morgan fingerprint density at radius 2 is 1.84 bits per heavy atom. The molecule has 0 bridgehead atoms. The van der Waals surface area contributed by atoms with Gasteiger partial charge in [0.2, 0.25) is 0 Å². The summed E-state index contributed by atoms with van der Waals surface area (Å²) in [6.45, 7) is 6.10. The second kappa shape index (κ2) is 7.14. The van der Waals surface area contributed by atoms with Crippen LogP contribution >= 0.6 is 0 Å². The lowest BCUT2D eigenvalue weighted by atomic mass is 10.1. The molecule has 1 fully saturated rings. The van der Waals surface area contributed by atoms with E-state index in [1.807, 2.05) is 0 Å². The van der Waals surface area contributed by atoms with Crippen LogP contribution in [0.2, 0.25) is 0 Å². The highest BCUT2D eigenvalue weighted by Gasteiger charge is 2.11. The molecule has 1 aliphatic heterocycles. The van der Waals surface area contributed by atoms with Gasteiger partial charge in [0.25, 0.3) is 0 Å². The number of rotatable bonds is 4. The first-order chi connectivity index (χ1) is 9.29. The van der Waals surface area contributed by atoms with Crippen molar-refractivity contribution >= 4 is 5.96 Å². The summed E-state index contributed by atoms with van der Waals surface area (Å²) in [7, 11) is 0. The zero-order valence-electron chi connectivity index (χ0n) is 11.6. The second-order valence-electron chi connectivity index (χ2n) is 4.76. The van der Waals surface area contributed by atoms with Crippen LogP contribution in [0.25, 0.3) is 0 Å². The van der Waals surface area contributed by atoms with Gasteiger partial charge >= 0.3 is 0 Å². The lowest BCUT2D eigenvalue weighted by Crippen LogP contribution is -2.44. The number of aliphatic imine (C=N–C) groups is 1. The number of nitrogens with two attached hydrogens (primary N) is 1. The number of hydrogen-bond donors (Lipinski definition) is 1. The molecule has 0 aliphatic carbocycles. The van der Waals surface area contributed by atoms with Crippen molar-refractivity contribution in [3.8, 4) is 0 Å². The van der Waals surface area contributed by atoms with E-state index in [2.05, 4.69) is 41.1 Å². The molecule has 1 aromatic rings. The zero-order valence-corrected chi connectivity index (χ0v) is 11.6. The van der Waals surface area contributed by atoms with Crippen molar-refractivity contribution in [1.29, 1.82) is 0 Å². The SMILES string of the molecule is CCc1ccc(CCN=C(N)N2CCOCC2)cc1. The summed E-state index contributed by atoms with van der Waals surface area (Å²) in [4.78, 5) is 6.54. The molecule has 2 N–H and O–H groups in total. The van der Waals surface area contributed by atoms with Gasteiger partial charge in [-0.2, -0.15) is 0 Å². The number of nitrogens with zero attached hydrogens (tertiary/aromatic N) is 2. The van der Waals surface area contributed by atoms with Crippen LogP contribution in [0.1, 0.15) is 18.1 Å². The van der Waals surface area contributed by atoms with E-state index in [1.165, 1.54) is 11.1 Å². The molecular formula is C15H23N3O. The maximum absolute atomic E-state index is 5.98. The fourth-order valence-electron chi connectivity index (χ4n) is 2.13. The van der Waals surface area contributed by atoms with Crippen LogP contribution in [-0.4, -0.2) is 43.7 Å². The number of morpholine rings is 1. The van der Waals surface area contributed by atoms with Crippen LogP contribution in [0, 0.1) is 0 Å². The Morgan fingerprint density at radius 3 is 2.47 bits per heavy atom. The molecule has 0 saturated carbocycles. The molecule has 1 aliphatic rings. The van der Waals surface area contributed by atoms with E-state index < -0.39 is 0 Å². The van der Waals surface area contributed by atoms with E-state index in [0.717, 1.165) is 45.7 Å². The third-order valence-electron chi connectivity index (χ3n) is 3.44. The maximum atomic E-state index is 5.98. The summed E-state index contributed by atoms with van der Waals surface area (Å²) >= 11 is 0. The average molecular weight is 261 g/mol. The average Bonchev–Trinajstić information content (AvgIpc) is 2.49. The lowest BCUT2D eigenvalue weighted by Gasteiger charge is -2.27. The first-order valence-corrected chi connectivity index (χ1v) is 7.00. The topological polar surface area (TPSA) is 50.8 Å². The molecule has 0 aromatic heterocycles. The number of guanidine groups is 1. The minimum absolute atomic E-state index is 0.647. The van der Waals surface area contributed by atoms with Gasteiger partial charge in [0, 0.05) is 19.6 Å². The largest absolute Gasteiger partial charge is 0.378 e. The van der Waals surface area contributed by atoms with Crippen molar-refractivity contribution in [2.24, 2.45) is 10.7 Å². The Hall–Kier alpha value is -1.55. The summed E-state index contributed by atoms with van der Waals surface area (Å²) in [5.41, 5.74) is 8.67. The molecule has 4 heteroatoms. The maximum Gasteiger partial charge on any atom is 0.191 e. The van der Waals surface area contributed by atoms with E-state index in [1.54, 1.807) is 0 Å². The summed E-state index contributed by atoms with van der Waals surface area (Å²) in [5, 5.41) is 0. The Kier molecular flexibility index (Phi) is 5.21. The van der Waals surface area contributed by atoms with Crippen LogP contribution in [0.5, 0.6) is 0 Å². The normalized spacial score (nSPS) is 16.7. The second-order valence-corrected chi connectivity index (χ2v) is 4.76. The molecule has 104 valence electrons. The van der Waals surface area contributed by atoms with Gasteiger partial charge in [-0.05, 0) is 24.0 Å². The number of ether oxygens (including phenoxy) is 1. The highest BCUT2D eigenvalue weighted by Crippen LogP contribution is 2.06. The van der Waals surface area contributed by atoms with Crippen molar-refractivity contribution in [3.05, 3.63) is 35.4 Å². The van der Waals surface area contributed by atoms with Gasteiger partial charge in [0.1, 0.15) is 0 Å². The Bertz CT molecular complexity index is 408. The molecule has 1 aromatic carbocycles. The zero-order chi connectivity index (χ0) is 13.5. The minimum atomic E-state index is 0.647. The first-order valence-electron chi connectivity index (χ1n) is 7.00. The molecule has 1 saturated heterocycles. The molecule has 19 heavy (non-hydrogen) atoms. The highest BCUT2D eigenvalue weighted by molar-refractivity contribution is 5.78. The van der Waals surface area contributed by atoms with Gasteiger partial charge in [-0.25, -0.2) is 0 Å². The smallest absolute Gasteiger partial charge is 0.191 e. The van der Waals surface area contributed by atoms with Crippen LogP contribution in [0.3, 0.4) is 0 Å². The van der Waals surface area contributed by atoms with E-state index in [4.69, 9.17) is 10.5 Å². The molecule has 0 radical (unpaired) electrons. The quantitative estimate of drug-likeness (QED) is 0.659. The number of benzene rings is 1. The van der Waals surface area contributed by atoms with E-state index in [-0.39, 0.29) is 0 Å². The van der Waals surface area contributed by atoms with Gasteiger partial charge in [-0.15, -0.1) is 0 Å². The van der Waals surface area contributed by atoms with Gasteiger partial charge in [0.05, 0.1) is 13.2 Å². The molecule has 0 amide bonds. The predicted octanol–water partition coefficient (Wildman–Crippen LogP) is 1.44. The molecule has 0 atom stereocenters. The van der Waals surface area contributed by atoms with E-state index in [0.29, 0.717) is 5.96 Å². The van der Waals surface area contributed by atoms with Gasteiger partial charge in [-0.1, -0.05) is 31.2 Å². The number of hydrogen-bond acceptors (Lipinski definition) is 2. The van der Waals surface area contributed by atoms with Crippen molar-refractivity contribution in [2.75, 3.05) is 32.8 Å². The molecule has 0 unspecified atom stereocenters. The van der Waals surface area contributed by atoms with Crippen molar-refractivity contribution < 1.29 is 4.74 Å². The van der Waals surface area contributed by atoms with Crippen LogP contribution in [-0.2, 0) is 17.6 Å². The summed E-state index contributed by atoms with van der Waals surface area (Å²) in [6.07, 6.45) is 2.03. The molecular weight excluding hydrogens is 238 g/mol. The predicted molar refractivity (Wildman–Crippen MR) is 78.4 cm³/mol. The van der Waals surface area contributed by atoms with E-state index in [9.17, 15) is 0 Å². The molecule has 1 heterocycles. The van der Waals surface area contributed by atoms with Crippen LogP contribution < -0.4 is 5.73 Å². The van der Waals surface area contributed by atoms with Gasteiger partial charge in [0.15, 0.2) is 5.96 Å².